The fraction of sp³-hybridized carbons (Fsp3) is 0.923. The van der Waals surface area contributed by atoms with Crippen LogP contribution in [-0.2, 0) is 10.0 Å². The second-order valence-corrected chi connectivity index (χ2v) is 7.66. The first-order valence-electron chi connectivity index (χ1n) is 6.78. The van der Waals surface area contributed by atoms with Crippen molar-refractivity contribution in [2.45, 2.75) is 52.4 Å². The average Bonchev–Trinajstić information content (AvgIpc) is 2.29. The highest BCUT2D eigenvalue weighted by molar-refractivity contribution is 7.89. The van der Waals surface area contributed by atoms with Gasteiger partial charge in [0.05, 0.1) is 11.8 Å². The van der Waals surface area contributed by atoms with E-state index in [1.807, 2.05) is 6.07 Å². The quantitative estimate of drug-likeness (QED) is 0.698. The number of piperidine rings is 1. The first kappa shape index (κ1) is 15.5. The average molecular weight is 272 g/mol. The second kappa shape index (κ2) is 6.53. The molecule has 0 bridgehead atoms. The normalized spacial score (nSPS) is 25.8. The highest BCUT2D eigenvalue weighted by atomic mass is 32.2. The Hall–Kier alpha value is -0.600. The van der Waals surface area contributed by atoms with Crippen molar-refractivity contribution in [2.75, 3.05) is 18.8 Å². The SMILES string of the molecule is CCCC1(C)CCCN(S(=O)(=O)CCCC#N)C1. The van der Waals surface area contributed by atoms with Gasteiger partial charge in [-0.1, -0.05) is 20.3 Å². The summed E-state index contributed by atoms with van der Waals surface area (Å²) >= 11 is 0. The lowest BCUT2D eigenvalue weighted by atomic mass is 9.79. The van der Waals surface area contributed by atoms with Crippen LogP contribution in [0.25, 0.3) is 0 Å². The summed E-state index contributed by atoms with van der Waals surface area (Å²) in [5.74, 6) is 0.114. The van der Waals surface area contributed by atoms with Gasteiger partial charge in [-0.2, -0.15) is 5.26 Å². The lowest BCUT2D eigenvalue weighted by Crippen LogP contribution is -2.45. The van der Waals surface area contributed by atoms with Gasteiger partial charge in [0.25, 0.3) is 0 Å². The van der Waals surface area contributed by atoms with Crippen molar-refractivity contribution < 1.29 is 8.42 Å². The Morgan fingerprint density at radius 1 is 1.44 bits per heavy atom. The van der Waals surface area contributed by atoms with Crippen molar-refractivity contribution in [1.82, 2.24) is 4.31 Å². The zero-order valence-electron chi connectivity index (χ0n) is 11.5. The van der Waals surface area contributed by atoms with Gasteiger partial charge < -0.3 is 0 Å². The molecule has 0 spiro atoms. The lowest BCUT2D eigenvalue weighted by Gasteiger charge is -2.39. The third kappa shape index (κ3) is 4.25. The third-order valence-electron chi connectivity index (χ3n) is 3.68. The van der Waals surface area contributed by atoms with Gasteiger partial charge in [0, 0.05) is 19.5 Å². The van der Waals surface area contributed by atoms with Gasteiger partial charge >= 0.3 is 0 Å². The van der Waals surface area contributed by atoms with Crippen LogP contribution in [0.15, 0.2) is 0 Å². The van der Waals surface area contributed by atoms with Crippen LogP contribution in [0, 0.1) is 16.7 Å². The number of unbranched alkanes of at least 4 members (excludes halogenated alkanes) is 1. The number of nitrogens with zero attached hydrogens (tertiary/aromatic N) is 2. The van der Waals surface area contributed by atoms with E-state index >= 15 is 0 Å². The van der Waals surface area contributed by atoms with E-state index in [4.69, 9.17) is 5.26 Å². The standard InChI is InChI=1S/C13H24N2O2S/c1-3-7-13(2)8-6-10-15(12-13)18(16,17)11-5-4-9-14/h3-8,10-12H2,1-2H3. The number of hydrogen-bond donors (Lipinski definition) is 0. The molecule has 0 amide bonds. The number of sulfonamides is 1. The molecule has 4 nitrogen and oxygen atoms in total. The van der Waals surface area contributed by atoms with Gasteiger partial charge in [0.2, 0.25) is 10.0 Å². The maximum atomic E-state index is 12.2. The molecule has 0 aromatic rings. The van der Waals surface area contributed by atoms with Crippen molar-refractivity contribution in [3.63, 3.8) is 0 Å². The summed E-state index contributed by atoms with van der Waals surface area (Å²) < 4.78 is 26.0. The Labute approximate surface area is 111 Å². The molecule has 18 heavy (non-hydrogen) atoms. The van der Waals surface area contributed by atoms with E-state index < -0.39 is 10.0 Å². The molecule has 1 unspecified atom stereocenters. The molecule has 0 aromatic heterocycles. The van der Waals surface area contributed by atoms with Gasteiger partial charge in [-0.25, -0.2) is 12.7 Å². The van der Waals surface area contributed by atoms with Crippen LogP contribution in [0.2, 0.25) is 0 Å². The molecule has 0 saturated carbocycles. The zero-order valence-corrected chi connectivity index (χ0v) is 12.3. The molecular formula is C13H24N2O2S. The van der Waals surface area contributed by atoms with Gasteiger partial charge in [0.1, 0.15) is 0 Å². The van der Waals surface area contributed by atoms with E-state index in [1.165, 1.54) is 0 Å². The van der Waals surface area contributed by atoms with Crippen molar-refractivity contribution in [3.8, 4) is 6.07 Å². The van der Waals surface area contributed by atoms with Crippen molar-refractivity contribution in [3.05, 3.63) is 0 Å². The Balaban J connectivity index is 2.63. The maximum Gasteiger partial charge on any atom is 0.214 e. The molecule has 1 saturated heterocycles. The minimum absolute atomic E-state index is 0.114. The Bertz CT molecular complexity index is 396. The first-order chi connectivity index (χ1) is 8.43. The number of nitriles is 1. The van der Waals surface area contributed by atoms with Crippen molar-refractivity contribution in [1.29, 1.82) is 5.26 Å². The Kier molecular flexibility index (Phi) is 5.61. The van der Waals surface area contributed by atoms with Crippen molar-refractivity contribution in [2.24, 2.45) is 5.41 Å². The summed E-state index contributed by atoms with van der Waals surface area (Å²) in [7, 11) is -3.16. The van der Waals surface area contributed by atoms with E-state index in [-0.39, 0.29) is 11.2 Å². The van der Waals surface area contributed by atoms with Crippen LogP contribution in [-0.4, -0.2) is 31.6 Å². The van der Waals surface area contributed by atoms with E-state index in [2.05, 4.69) is 13.8 Å². The third-order valence-corrected chi connectivity index (χ3v) is 5.59. The molecular weight excluding hydrogens is 248 g/mol. The molecule has 104 valence electrons. The van der Waals surface area contributed by atoms with Crippen LogP contribution < -0.4 is 0 Å². The molecule has 1 aliphatic heterocycles. The zero-order chi connectivity index (χ0) is 13.6. The molecule has 0 radical (unpaired) electrons. The summed E-state index contributed by atoms with van der Waals surface area (Å²) in [6.45, 7) is 5.63. The van der Waals surface area contributed by atoms with Gasteiger partial charge in [-0.15, -0.1) is 0 Å². The van der Waals surface area contributed by atoms with Gasteiger partial charge in [-0.3, -0.25) is 0 Å². The Morgan fingerprint density at radius 2 is 2.17 bits per heavy atom. The minimum atomic E-state index is -3.16. The van der Waals surface area contributed by atoms with Crippen LogP contribution in [0.3, 0.4) is 0 Å². The monoisotopic (exact) mass is 272 g/mol. The fourth-order valence-electron chi connectivity index (χ4n) is 2.77. The summed E-state index contributed by atoms with van der Waals surface area (Å²) in [5, 5.41) is 8.47. The van der Waals surface area contributed by atoms with Crippen LogP contribution >= 0.6 is 0 Å². The predicted molar refractivity (Wildman–Crippen MR) is 72.5 cm³/mol. The molecule has 1 aliphatic rings. The van der Waals surface area contributed by atoms with E-state index in [9.17, 15) is 8.42 Å². The highest BCUT2D eigenvalue weighted by Gasteiger charge is 2.35. The summed E-state index contributed by atoms with van der Waals surface area (Å²) in [5.41, 5.74) is 0.134. The fourth-order valence-corrected chi connectivity index (χ4v) is 4.46. The second-order valence-electron chi connectivity index (χ2n) is 5.58. The molecule has 0 aliphatic carbocycles. The smallest absolute Gasteiger partial charge is 0.212 e. The van der Waals surface area contributed by atoms with Gasteiger partial charge in [-0.05, 0) is 31.1 Å². The van der Waals surface area contributed by atoms with E-state index in [0.29, 0.717) is 25.9 Å². The molecule has 5 heteroatoms. The van der Waals surface area contributed by atoms with Crippen molar-refractivity contribution >= 4 is 10.0 Å². The lowest BCUT2D eigenvalue weighted by molar-refractivity contribution is 0.153. The predicted octanol–water partition coefficient (Wildman–Crippen LogP) is 2.52. The maximum absolute atomic E-state index is 12.2. The van der Waals surface area contributed by atoms with Crippen LogP contribution in [0.4, 0.5) is 0 Å². The molecule has 1 fully saturated rings. The topological polar surface area (TPSA) is 61.2 Å². The molecule has 0 N–H and O–H groups in total. The number of rotatable bonds is 6. The van der Waals surface area contributed by atoms with E-state index in [1.54, 1.807) is 4.31 Å². The molecule has 1 rings (SSSR count). The molecule has 1 heterocycles. The first-order valence-corrected chi connectivity index (χ1v) is 8.39. The summed E-state index contributed by atoms with van der Waals surface area (Å²) in [6, 6.07) is 2.00. The summed E-state index contributed by atoms with van der Waals surface area (Å²) in [6.07, 6.45) is 5.01. The Morgan fingerprint density at radius 3 is 2.78 bits per heavy atom. The summed E-state index contributed by atoms with van der Waals surface area (Å²) in [4.78, 5) is 0. The number of hydrogen-bond acceptors (Lipinski definition) is 3. The minimum Gasteiger partial charge on any atom is -0.212 e. The largest absolute Gasteiger partial charge is 0.214 e. The molecule has 0 aromatic carbocycles. The van der Waals surface area contributed by atoms with Gasteiger partial charge in [0.15, 0.2) is 0 Å². The van der Waals surface area contributed by atoms with Crippen LogP contribution in [0.1, 0.15) is 52.4 Å². The highest BCUT2D eigenvalue weighted by Crippen LogP contribution is 2.35. The molecule has 1 atom stereocenters. The van der Waals surface area contributed by atoms with Crippen LogP contribution in [0.5, 0.6) is 0 Å². The van der Waals surface area contributed by atoms with E-state index in [0.717, 1.165) is 25.7 Å².